The fraction of sp³-hybridized carbons (Fsp3) is 0.273. The summed E-state index contributed by atoms with van der Waals surface area (Å²) >= 11 is 5.05. The molecule has 1 aromatic carbocycles. The van der Waals surface area contributed by atoms with Crippen molar-refractivity contribution < 1.29 is 13.7 Å². The van der Waals surface area contributed by atoms with E-state index in [4.69, 9.17) is 30.7 Å². The van der Waals surface area contributed by atoms with E-state index in [2.05, 4.69) is 5.16 Å². The molecule has 1 rings (SSSR count). The van der Waals surface area contributed by atoms with Crippen LogP contribution in [0.4, 0.5) is 0 Å². The van der Waals surface area contributed by atoms with Crippen molar-refractivity contribution in [2.24, 2.45) is 5.16 Å². The predicted octanol–water partition coefficient (Wildman–Crippen LogP) is 2.84. The number of hydrogen-bond acceptors (Lipinski definition) is 6. The van der Waals surface area contributed by atoms with Crippen LogP contribution in [-0.4, -0.2) is 19.4 Å². The van der Waals surface area contributed by atoms with Crippen LogP contribution >= 0.6 is 6.72 Å². The Balaban J connectivity index is 2.88. The van der Waals surface area contributed by atoms with Crippen LogP contribution in [0.1, 0.15) is 12.5 Å². The highest BCUT2D eigenvalue weighted by Gasteiger charge is 2.19. The minimum Gasteiger partial charge on any atom is -0.312 e. The van der Waals surface area contributed by atoms with Gasteiger partial charge >= 0.3 is 6.72 Å². The maximum atomic E-state index is 9.01. The van der Waals surface area contributed by atoms with Crippen molar-refractivity contribution in [3.8, 4) is 6.07 Å². The lowest BCUT2D eigenvalue weighted by atomic mass is 10.1. The van der Waals surface area contributed by atoms with Gasteiger partial charge in [0, 0.05) is 24.5 Å². The van der Waals surface area contributed by atoms with Crippen LogP contribution in [0.2, 0.25) is 0 Å². The van der Waals surface area contributed by atoms with Crippen molar-refractivity contribution in [3.63, 3.8) is 0 Å². The maximum absolute atomic E-state index is 9.01. The summed E-state index contributed by atoms with van der Waals surface area (Å²) in [6, 6.07) is 10.9. The standard InChI is InChI=1S/C11H13N2O3PS/c1-3-15-17(18,14-2)16-13-11(9-12)10-7-5-4-6-8-10/h4-8H,3H2,1-2H3/b13-11+. The van der Waals surface area contributed by atoms with Crippen LogP contribution < -0.4 is 0 Å². The molecule has 0 saturated carbocycles. The minimum absolute atomic E-state index is 0.126. The summed E-state index contributed by atoms with van der Waals surface area (Å²) in [6.07, 6.45) is 0. The lowest BCUT2D eigenvalue weighted by Crippen LogP contribution is -2.00. The van der Waals surface area contributed by atoms with Crippen LogP contribution in [0.15, 0.2) is 35.5 Å². The zero-order valence-electron chi connectivity index (χ0n) is 10.1. The first-order chi connectivity index (χ1) is 8.65. The van der Waals surface area contributed by atoms with Gasteiger partial charge in [-0.25, -0.2) is 0 Å². The third kappa shape index (κ3) is 4.21. The topological polar surface area (TPSA) is 63.8 Å². The van der Waals surface area contributed by atoms with E-state index >= 15 is 0 Å². The number of nitrogens with zero attached hydrogens (tertiary/aromatic N) is 2. The summed E-state index contributed by atoms with van der Waals surface area (Å²) in [5, 5.41) is 12.7. The molecule has 7 heteroatoms. The molecule has 0 bridgehead atoms. The first-order valence-electron chi connectivity index (χ1n) is 5.17. The van der Waals surface area contributed by atoms with Gasteiger partial charge in [-0.3, -0.25) is 4.52 Å². The number of nitriles is 1. The number of oxime groups is 1. The fourth-order valence-electron chi connectivity index (χ4n) is 1.09. The predicted molar refractivity (Wildman–Crippen MR) is 72.6 cm³/mol. The molecule has 0 saturated heterocycles. The van der Waals surface area contributed by atoms with E-state index in [1.165, 1.54) is 7.11 Å². The molecule has 5 nitrogen and oxygen atoms in total. The molecule has 1 unspecified atom stereocenters. The van der Waals surface area contributed by atoms with E-state index < -0.39 is 6.72 Å². The summed E-state index contributed by atoms with van der Waals surface area (Å²) in [6.45, 7) is -0.765. The van der Waals surface area contributed by atoms with Crippen molar-refractivity contribution in [2.45, 2.75) is 6.92 Å². The van der Waals surface area contributed by atoms with E-state index in [0.29, 0.717) is 12.2 Å². The first-order valence-corrected chi connectivity index (χ1v) is 7.73. The minimum atomic E-state index is -2.89. The molecule has 0 aliphatic carbocycles. The summed E-state index contributed by atoms with van der Waals surface area (Å²) < 4.78 is 15.2. The summed E-state index contributed by atoms with van der Waals surface area (Å²) in [5.74, 6) is 0. The zero-order valence-corrected chi connectivity index (χ0v) is 11.8. The maximum Gasteiger partial charge on any atom is 0.401 e. The van der Waals surface area contributed by atoms with E-state index in [1.807, 2.05) is 12.1 Å². The SMILES string of the molecule is CCOP(=S)(OC)O/N=C(\C#N)c1ccccc1. The number of rotatable bonds is 6. The molecule has 0 aliphatic rings. The summed E-state index contributed by atoms with van der Waals surface area (Å²) in [7, 11) is 1.39. The first kappa shape index (κ1) is 14.8. The van der Waals surface area contributed by atoms with Crippen LogP contribution in [0.3, 0.4) is 0 Å². The van der Waals surface area contributed by atoms with E-state index in [-0.39, 0.29) is 5.71 Å². The van der Waals surface area contributed by atoms with Crippen LogP contribution in [0, 0.1) is 11.3 Å². The van der Waals surface area contributed by atoms with Gasteiger partial charge in [-0.05, 0) is 6.92 Å². The van der Waals surface area contributed by atoms with Gasteiger partial charge in [0.15, 0.2) is 5.71 Å². The van der Waals surface area contributed by atoms with Crippen LogP contribution in [-0.2, 0) is 25.5 Å². The average molecular weight is 284 g/mol. The van der Waals surface area contributed by atoms with Gasteiger partial charge in [-0.2, -0.15) is 5.26 Å². The molecule has 0 fully saturated rings. The normalized spacial score (nSPS) is 14.6. The largest absolute Gasteiger partial charge is 0.401 e. The van der Waals surface area contributed by atoms with Gasteiger partial charge in [0.25, 0.3) is 0 Å². The Bertz CT molecular complexity index is 499. The highest BCUT2D eigenvalue weighted by atomic mass is 32.5. The van der Waals surface area contributed by atoms with E-state index in [0.717, 1.165) is 0 Å². The quantitative estimate of drug-likeness (QED) is 0.456. The molecule has 0 amide bonds. The average Bonchev–Trinajstić information content (AvgIpc) is 2.41. The van der Waals surface area contributed by atoms with Gasteiger partial charge in [-0.15, -0.1) is 0 Å². The third-order valence-electron chi connectivity index (χ3n) is 1.90. The molecule has 0 N–H and O–H groups in total. The molecular formula is C11H13N2O3PS. The van der Waals surface area contributed by atoms with Gasteiger partial charge in [-0.1, -0.05) is 35.5 Å². The molecule has 1 aromatic rings. The Kier molecular flexibility index (Phi) is 5.96. The lowest BCUT2D eigenvalue weighted by Gasteiger charge is -2.15. The fourth-order valence-corrected chi connectivity index (χ4v) is 2.23. The van der Waals surface area contributed by atoms with Gasteiger partial charge in [0.05, 0.1) is 6.61 Å². The van der Waals surface area contributed by atoms with Crippen LogP contribution in [0.25, 0.3) is 0 Å². The number of hydrogen-bond donors (Lipinski definition) is 0. The molecule has 18 heavy (non-hydrogen) atoms. The van der Waals surface area contributed by atoms with Crippen molar-refractivity contribution in [1.29, 1.82) is 5.26 Å². The smallest absolute Gasteiger partial charge is 0.312 e. The monoisotopic (exact) mass is 284 g/mol. The Morgan fingerprint density at radius 1 is 1.44 bits per heavy atom. The van der Waals surface area contributed by atoms with Gasteiger partial charge in [0.2, 0.25) is 0 Å². The highest BCUT2D eigenvalue weighted by molar-refractivity contribution is 8.07. The molecule has 0 heterocycles. The van der Waals surface area contributed by atoms with E-state index in [1.54, 1.807) is 31.2 Å². The highest BCUT2D eigenvalue weighted by Crippen LogP contribution is 2.49. The zero-order chi connectivity index (χ0) is 13.4. The van der Waals surface area contributed by atoms with Crippen molar-refractivity contribution in [3.05, 3.63) is 35.9 Å². The third-order valence-corrected chi connectivity index (χ3v) is 4.16. The van der Waals surface area contributed by atoms with Gasteiger partial charge < -0.3 is 9.15 Å². The second-order valence-electron chi connectivity index (χ2n) is 3.05. The summed E-state index contributed by atoms with van der Waals surface area (Å²) in [4.78, 5) is 0. The Morgan fingerprint density at radius 3 is 2.61 bits per heavy atom. The molecule has 0 spiro atoms. The molecule has 0 radical (unpaired) electrons. The van der Waals surface area contributed by atoms with Crippen molar-refractivity contribution in [2.75, 3.05) is 13.7 Å². The second kappa shape index (κ2) is 7.24. The Labute approximate surface area is 111 Å². The molecular weight excluding hydrogens is 271 g/mol. The van der Waals surface area contributed by atoms with E-state index in [9.17, 15) is 0 Å². The molecule has 1 atom stereocenters. The summed E-state index contributed by atoms with van der Waals surface area (Å²) in [5.41, 5.74) is 0.774. The van der Waals surface area contributed by atoms with Crippen LogP contribution in [0.5, 0.6) is 0 Å². The van der Waals surface area contributed by atoms with Gasteiger partial charge in [0.1, 0.15) is 6.07 Å². The lowest BCUT2D eigenvalue weighted by molar-refractivity contribution is 0.189. The molecule has 0 aromatic heterocycles. The Hall–Kier alpha value is -1.25. The molecule has 0 aliphatic heterocycles. The molecule has 96 valence electrons. The van der Waals surface area contributed by atoms with Crippen molar-refractivity contribution in [1.82, 2.24) is 0 Å². The Morgan fingerprint density at radius 2 is 2.11 bits per heavy atom. The second-order valence-corrected chi connectivity index (χ2v) is 6.07. The number of benzene rings is 1. The van der Waals surface area contributed by atoms with Crippen molar-refractivity contribution >= 4 is 24.2 Å².